The third-order valence-electron chi connectivity index (χ3n) is 2.26. The van der Waals surface area contributed by atoms with Gasteiger partial charge >= 0.3 is 0 Å². The van der Waals surface area contributed by atoms with Crippen LogP contribution in [0.25, 0.3) is 0 Å². The summed E-state index contributed by atoms with van der Waals surface area (Å²) in [4.78, 5) is 20.2. The van der Waals surface area contributed by atoms with Crippen molar-refractivity contribution < 1.29 is 14.4 Å². The molecule has 2 rings (SSSR count). The van der Waals surface area contributed by atoms with Crippen molar-refractivity contribution in [3.8, 4) is 5.75 Å². The maximum atomic E-state index is 11.3. The molecular formula is C13H14N2O3S. The number of thiazole rings is 1. The number of carbonyl (C=O) groups excluding carboxylic acids is 1. The van der Waals surface area contributed by atoms with Crippen LogP contribution in [0.3, 0.4) is 0 Å². The van der Waals surface area contributed by atoms with E-state index >= 15 is 0 Å². The molecule has 2 aromatic rings. The number of amides is 1. The molecule has 0 unspecified atom stereocenters. The molecule has 0 saturated heterocycles. The standard InChI is InChI=1S/C13H14N2O3S/c1-17-15-12(16)7-10-9-19-13(14-10)8-18-11-5-3-2-4-6-11/h2-6,9H,7-8H2,1H3,(H,15,16). The van der Waals surface area contributed by atoms with Gasteiger partial charge in [0.05, 0.1) is 19.2 Å². The van der Waals surface area contributed by atoms with E-state index in [-0.39, 0.29) is 12.3 Å². The van der Waals surface area contributed by atoms with Gasteiger partial charge in [0, 0.05) is 5.38 Å². The lowest BCUT2D eigenvalue weighted by Gasteiger charge is -2.02. The predicted molar refractivity (Wildman–Crippen MR) is 71.7 cm³/mol. The minimum Gasteiger partial charge on any atom is -0.486 e. The molecule has 0 aliphatic rings. The molecule has 1 amide bonds. The zero-order valence-corrected chi connectivity index (χ0v) is 11.3. The highest BCUT2D eigenvalue weighted by Gasteiger charge is 2.07. The Morgan fingerprint density at radius 2 is 2.16 bits per heavy atom. The lowest BCUT2D eigenvalue weighted by molar-refractivity contribution is -0.130. The number of benzene rings is 1. The Kier molecular flexibility index (Phi) is 4.88. The number of para-hydroxylation sites is 1. The van der Waals surface area contributed by atoms with Gasteiger partial charge in [0.1, 0.15) is 17.4 Å². The first kappa shape index (κ1) is 13.5. The minimum absolute atomic E-state index is 0.204. The number of hydrogen-bond acceptors (Lipinski definition) is 5. The first-order valence-electron chi connectivity index (χ1n) is 5.71. The molecule has 0 atom stereocenters. The van der Waals surface area contributed by atoms with Gasteiger partial charge in [-0.3, -0.25) is 9.63 Å². The maximum absolute atomic E-state index is 11.3. The van der Waals surface area contributed by atoms with E-state index in [9.17, 15) is 4.79 Å². The van der Waals surface area contributed by atoms with E-state index in [4.69, 9.17) is 4.74 Å². The van der Waals surface area contributed by atoms with Gasteiger partial charge in [0.25, 0.3) is 0 Å². The first-order chi connectivity index (χ1) is 9.28. The summed E-state index contributed by atoms with van der Waals surface area (Å²) in [6.07, 6.45) is 0.204. The number of rotatable bonds is 6. The van der Waals surface area contributed by atoms with Crippen LogP contribution in [0.2, 0.25) is 0 Å². The SMILES string of the molecule is CONC(=O)Cc1csc(COc2ccccc2)n1. The van der Waals surface area contributed by atoms with Gasteiger partial charge in [-0.15, -0.1) is 11.3 Å². The fourth-order valence-electron chi connectivity index (χ4n) is 1.47. The maximum Gasteiger partial charge on any atom is 0.249 e. The molecule has 0 bridgehead atoms. The Labute approximate surface area is 115 Å². The number of hydrogen-bond donors (Lipinski definition) is 1. The third kappa shape index (κ3) is 4.35. The van der Waals surface area contributed by atoms with Crippen LogP contribution in [0.4, 0.5) is 0 Å². The average molecular weight is 278 g/mol. The molecule has 1 aromatic carbocycles. The van der Waals surface area contributed by atoms with Gasteiger partial charge in [0.2, 0.25) is 5.91 Å². The number of nitrogens with one attached hydrogen (secondary N) is 1. The zero-order valence-electron chi connectivity index (χ0n) is 10.5. The molecule has 100 valence electrons. The van der Waals surface area contributed by atoms with Crippen molar-refractivity contribution in [1.82, 2.24) is 10.5 Å². The number of aromatic nitrogens is 1. The zero-order chi connectivity index (χ0) is 13.5. The van der Waals surface area contributed by atoms with E-state index in [1.807, 2.05) is 35.7 Å². The third-order valence-corrected chi connectivity index (χ3v) is 3.13. The van der Waals surface area contributed by atoms with Gasteiger partial charge in [-0.05, 0) is 12.1 Å². The Bertz CT molecular complexity index is 528. The van der Waals surface area contributed by atoms with Gasteiger partial charge < -0.3 is 4.74 Å². The van der Waals surface area contributed by atoms with Crippen LogP contribution in [0.1, 0.15) is 10.7 Å². The summed E-state index contributed by atoms with van der Waals surface area (Å²) < 4.78 is 5.58. The van der Waals surface area contributed by atoms with E-state index < -0.39 is 0 Å². The van der Waals surface area contributed by atoms with E-state index in [1.54, 1.807) is 0 Å². The van der Waals surface area contributed by atoms with Crippen molar-refractivity contribution in [3.05, 3.63) is 46.4 Å². The second kappa shape index (κ2) is 6.86. The van der Waals surface area contributed by atoms with Gasteiger partial charge in [0.15, 0.2) is 0 Å². The number of nitrogens with zero attached hydrogens (tertiary/aromatic N) is 1. The van der Waals surface area contributed by atoms with Crippen LogP contribution >= 0.6 is 11.3 Å². The van der Waals surface area contributed by atoms with Gasteiger partial charge in [-0.1, -0.05) is 18.2 Å². The second-order valence-electron chi connectivity index (χ2n) is 3.74. The minimum atomic E-state index is -0.219. The van der Waals surface area contributed by atoms with Crippen molar-refractivity contribution in [3.63, 3.8) is 0 Å². The summed E-state index contributed by atoms with van der Waals surface area (Å²) in [6.45, 7) is 0.403. The topological polar surface area (TPSA) is 60.5 Å². The van der Waals surface area contributed by atoms with Gasteiger partial charge in [-0.2, -0.15) is 0 Å². The number of hydroxylamine groups is 1. The molecule has 5 nitrogen and oxygen atoms in total. The van der Waals surface area contributed by atoms with Crippen molar-refractivity contribution in [2.24, 2.45) is 0 Å². The summed E-state index contributed by atoms with van der Waals surface area (Å²) >= 11 is 1.47. The monoisotopic (exact) mass is 278 g/mol. The largest absolute Gasteiger partial charge is 0.486 e. The van der Waals surface area contributed by atoms with Crippen LogP contribution < -0.4 is 10.2 Å². The highest BCUT2D eigenvalue weighted by atomic mass is 32.1. The first-order valence-corrected chi connectivity index (χ1v) is 6.59. The highest BCUT2D eigenvalue weighted by molar-refractivity contribution is 7.09. The molecule has 19 heavy (non-hydrogen) atoms. The van der Waals surface area contributed by atoms with Crippen LogP contribution in [0.5, 0.6) is 5.75 Å². The smallest absolute Gasteiger partial charge is 0.249 e. The summed E-state index contributed by atoms with van der Waals surface area (Å²) in [5.41, 5.74) is 2.97. The predicted octanol–water partition coefficient (Wildman–Crippen LogP) is 1.94. The second-order valence-corrected chi connectivity index (χ2v) is 4.68. The molecule has 0 radical (unpaired) electrons. The Hall–Kier alpha value is -1.92. The van der Waals surface area contributed by atoms with Gasteiger partial charge in [-0.25, -0.2) is 10.5 Å². The summed E-state index contributed by atoms with van der Waals surface area (Å²) in [6, 6.07) is 9.54. The summed E-state index contributed by atoms with van der Waals surface area (Å²) in [5.74, 6) is 0.583. The number of carbonyl (C=O) groups is 1. The molecule has 0 spiro atoms. The fraction of sp³-hybridized carbons (Fsp3) is 0.231. The van der Waals surface area contributed by atoms with Crippen LogP contribution in [-0.4, -0.2) is 18.0 Å². The quantitative estimate of drug-likeness (QED) is 0.820. The van der Waals surface area contributed by atoms with Crippen LogP contribution in [0, 0.1) is 0 Å². The van der Waals surface area contributed by atoms with Crippen molar-refractivity contribution in [2.45, 2.75) is 13.0 Å². The normalized spacial score (nSPS) is 10.2. The average Bonchev–Trinajstić information content (AvgIpc) is 2.85. The molecule has 1 heterocycles. The summed E-state index contributed by atoms with van der Waals surface area (Å²) in [7, 11) is 1.40. The van der Waals surface area contributed by atoms with E-state index in [2.05, 4.69) is 15.3 Å². The molecule has 0 fully saturated rings. The number of ether oxygens (including phenoxy) is 1. The lowest BCUT2D eigenvalue weighted by atomic mass is 10.3. The Balaban J connectivity index is 1.85. The molecule has 6 heteroatoms. The van der Waals surface area contributed by atoms with Crippen molar-refractivity contribution in [1.29, 1.82) is 0 Å². The molecule has 0 aliphatic heterocycles. The lowest BCUT2D eigenvalue weighted by Crippen LogP contribution is -2.23. The van der Waals surface area contributed by atoms with Crippen molar-refractivity contribution in [2.75, 3.05) is 7.11 Å². The van der Waals surface area contributed by atoms with E-state index in [0.29, 0.717) is 12.3 Å². The van der Waals surface area contributed by atoms with E-state index in [0.717, 1.165) is 10.8 Å². The molecule has 1 N–H and O–H groups in total. The van der Waals surface area contributed by atoms with Crippen LogP contribution in [-0.2, 0) is 22.7 Å². The fourth-order valence-corrected chi connectivity index (χ4v) is 2.18. The van der Waals surface area contributed by atoms with E-state index in [1.165, 1.54) is 18.4 Å². The summed E-state index contributed by atoms with van der Waals surface area (Å²) in [5, 5.41) is 2.68. The molecule has 0 aliphatic carbocycles. The van der Waals surface area contributed by atoms with Crippen LogP contribution in [0.15, 0.2) is 35.7 Å². The highest BCUT2D eigenvalue weighted by Crippen LogP contribution is 2.15. The molecular weight excluding hydrogens is 264 g/mol. The Morgan fingerprint density at radius 3 is 2.89 bits per heavy atom. The van der Waals surface area contributed by atoms with Crippen molar-refractivity contribution >= 4 is 17.2 Å². The Morgan fingerprint density at radius 1 is 1.37 bits per heavy atom. The molecule has 1 aromatic heterocycles. The molecule has 0 saturated carbocycles.